The second-order valence-electron chi connectivity index (χ2n) is 4.36. The molecule has 0 spiro atoms. The Morgan fingerprint density at radius 3 is 2.72 bits per heavy atom. The summed E-state index contributed by atoms with van der Waals surface area (Å²) < 4.78 is 5.67. The summed E-state index contributed by atoms with van der Waals surface area (Å²) in [5, 5.41) is 3.34. The molecule has 4 heteroatoms. The van der Waals surface area contributed by atoms with Gasteiger partial charge in [-0.2, -0.15) is 0 Å². The van der Waals surface area contributed by atoms with Gasteiger partial charge in [0.25, 0.3) is 0 Å². The minimum Gasteiger partial charge on any atom is -0.454 e. The summed E-state index contributed by atoms with van der Waals surface area (Å²) in [6, 6.07) is 6.14. The van der Waals surface area contributed by atoms with Crippen LogP contribution in [0.5, 0.6) is 11.5 Å². The van der Waals surface area contributed by atoms with Gasteiger partial charge < -0.3 is 10.1 Å². The molecule has 1 N–H and O–H groups in total. The zero-order valence-electron chi connectivity index (χ0n) is 10.6. The van der Waals surface area contributed by atoms with Gasteiger partial charge in [0.05, 0.1) is 12.4 Å². The van der Waals surface area contributed by atoms with Gasteiger partial charge in [0, 0.05) is 25.0 Å². The van der Waals surface area contributed by atoms with E-state index >= 15 is 0 Å². The fraction of sp³-hybridized carbons (Fsp3) is 0.286. The van der Waals surface area contributed by atoms with Crippen LogP contribution < -0.4 is 10.1 Å². The van der Waals surface area contributed by atoms with Gasteiger partial charge in [-0.25, -0.2) is 0 Å². The molecule has 2 aromatic heterocycles. The van der Waals surface area contributed by atoms with Crippen molar-refractivity contribution in [2.75, 3.05) is 0 Å². The van der Waals surface area contributed by atoms with Crippen molar-refractivity contribution in [1.29, 1.82) is 0 Å². The van der Waals surface area contributed by atoms with Crippen LogP contribution >= 0.6 is 0 Å². The summed E-state index contributed by atoms with van der Waals surface area (Å²) in [5.74, 6) is 1.44. The molecule has 0 saturated carbocycles. The minimum absolute atomic E-state index is 0.452. The largest absolute Gasteiger partial charge is 0.454 e. The zero-order chi connectivity index (χ0) is 12.8. The first-order chi connectivity index (χ1) is 8.74. The number of nitrogens with one attached hydrogen (secondary N) is 1. The van der Waals surface area contributed by atoms with Gasteiger partial charge in [0.15, 0.2) is 0 Å². The molecule has 0 saturated heterocycles. The maximum atomic E-state index is 5.67. The summed E-state index contributed by atoms with van der Waals surface area (Å²) in [6.07, 6.45) is 6.94. The topological polar surface area (TPSA) is 47.0 Å². The summed E-state index contributed by atoms with van der Waals surface area (Å²) in [6.45, 7) is 5.02. The molecule has 0 amide bonds. The van der Waals surface area contributed by atoms with Crippen LogP contribution in [0.25, 0.3) is 0 Å². The van der Waals surface area contributed by atoms with E-state index in [1.54, 1.807) is 18.6 Å². The maximum Gasteiger partial charge on any atom is 0.146 e. The van der Waals surface area contributed by atoms with Crippen molar-refractivity contribution < 1.29 is 4.74 Å². The predicted octanol–water partition coefficient (Wildman–Crippen LogP) is 2.77. The lowest BCUT2D eigenvalue weighted by molar-refractivity contribution is 0.476. The van der Waals surface area contributed by atoms with E-state index in [4.69, 9.17) is 4.74 Å². The third-order valence-electron chi connectivity index (χ3n) is 2.35. The fourth-order valence-electron chi connectivity index (χ4n) is 1.48. The minimum atomic E-state index is 0.452. The molecule has 0 radical (unpaired) electrons. The van der Waals surface area contributed by atoms with Crippen LogP contribution in [0.15, 0.2) is 43.0 Å². The van der Waals surface area contributed by atoms with Gasteiger partial charge in [-0.05, 0) is 23.8 Å². The highest BCUT2D eigenvalue weighted by Crippen LogP contribution is 2.19. The smallest absolute Gasteiger partial charge is 0.146 e. The standard InChI is InChI=1S/C14H17N3O/c1-11(2)17-8-12-6-14(10-16-7-12)18-13-4-3-5-15-9-13/h3-7,9-11,17H,8H2,1-2H3. The number of hydrogen-bond donors (Lipinski definition) is 1. The second-order valence-corrected chi connectivity index (χ2v) is 4.36. The Hall–Kier alpha value is -1.94. The van der Waals surface area contributed by atoms with E-state index in [1.807, 2.05) is 24.4 Å². The Morgan fingerprint density at radius 1 is 1.17 bits per heavy atom. The Bertz CT molecular complexity index is 485. The van der Waals surface area contributed by atoms with Gasteiger partial charge >= 0.3 is 0 Å². The normalized spacial score (nSPS) is 10.6. The highest BCUT2D eigenvalue weighted by Gasteiger charge is 2.01. The van der Waals surface area contributed by atoms with Crippen LogP contribution in [0, 0.1) is 0 Å². The van der Waals surface area contributed by atoms with Crippen LogP contribution in [0.1, 0.15) is 19.4 Å². The summed E-state index contributed by atoms with van der Waals surface area (Å²) in [5.41, 5.74) is 1.10. The van der Waals surface area contributed by atoms with Crippen LogP contribution in [0.4, 0.5) is 0 Å². The molecule has 2 rings (SSSR count). The molecule has 4 nitrogen and oxygen atoms in total. The fourth-order valence-corrected chi connectivity index (χ4v) is 1.48. The van der Waals surface area contributed by atoms with Crippen LogP contribution in [-0.4, -0.2) is 16.0 Å². The Balaban J connectivity index is 2.03. The highest BCUT2D eigenvalue weighted by atomic mass is 16.5. The number of aromatic nitrogens is 2. The van der Waals surface area contributed by atoms with Gasteiger partial charge in [0.1, 0.15) is 11.5 Å². The molecular weight excluding hydrogens is 226 g/mol. The Labute approximate surface area is 107 Å². The van der Waals surface area contributed by atoms with Crippen LogP contribution in [-0.2, 0) is 6.54 Å². The molecule has 0 fully saturated rings. The summed E-state index contributed by atoms with van der Waals surface area (Å²) >= 11 is 0. The van der Waals surface area contributed by atoms with Crippen molar-refractivity contribution in [1.82, 2.24) is 15.3 Å². The lowest BCUT2D eigenvalue weighted by Gasteiger charge is -2.09. The first kappa shape index (κ1) is 12.5. The number of nitrogens with zero attached hydrogens (tertiary/aromatic N) is 2. The van der Waals surface area contributed by atoms with Crippen LogP contribution in [0.2, 0.25) is 0 Å². The molecule has 0 aliphatic rings. The SMILES string of the molecule is CC(C)NCc1cncc(Oc2cccnc2)c1. The average molecular weight is 243 g/mol. The molecule has 0 unspecified atom stereocenters. The maximum absolute atomic E-state index is 5.67. The Morgan fingerprint density at radius 2 is 2.00 bits per heavy atom. The number of pyridine rings is 2. The van der Waals surface area contributed by atoms with Crippen molar-refractivity contribution in [3.05, 3.63) is 48.5 Å². The highest BCUT2D eigenvalue weighted by molar-refractivity contribution is 5.29. The van der Waals surface area contributed by atoms with Crippen molar-refractivity contribution in [2.24, 2.45) is 0 Å². The van der Waals surface area contributed by atoms with Gasteiger partial charge in [-0.1, -0.05) is 13.8 Å². The van der Waals surface area contributed by atoms with Crippen molar-refractivity contribution in [3.63, 3.8) is 0 Å². The molecule has 2 aromatic rings. The van der Waals surface area contributed by atoms with Crippen molar-refractivity contribution >= 4 is 0 Å². The zero-order valence-corrected chi connectivity index (χ0v) is 10.6. The number of ether oxygens (including phenoxy) is 1. The molecule has 0 aliphatic carbocycles. The molecule has 0 atom stereocenters. The third kappa shape index (κ3) is 3.82. The molecule has 2 heterocycles. The van der Waals surface area contributed by atoms with Crippen LogP contribution in [0.3, 0.4) is 0 Å². The summed E-state index contributed by atoms with van der Waals surface area (Å²) in [4.78, 5) is 8.18. The molecule has 0 bridgehead atoms. The van der Waals surface area contributed by atoms with E-state index in [9.17, 15) is 0 Å². The lowest BCUT2D eigenvalue weighted by Crippen LogP contribution is -2.21. The van der Waals surface area contributed by atoms with E-state index in [-0.39, 0.29) is 0 Å². The third-order valence-corrected chi connectivity index (χ3v) is 2.35. The number of hydrogen-bond acceptors (Lipinski definition) is 4. The predicted molar refractivity (Wildman–Crippen MR) is 70.5 cm³/mol. The molecule has 94 valence electrons. The van der Waals surface area contributed by atoms with E-state index in [0.717, 1.165) is 17.9 Å². The monoisotopic (exact) mass is 243 g/mol. The van der Waals surface area contributed by atoms with E-state index < -0.39 is 0 Å². The number of rotatable bonds is 5. The van der Waals surface area contributed by atoms with Gasteiger partial charge in [-0.15, -0.1) is 0 Å². The Kier molecular flexibility index (Phi) is 4.25. The van der Waals surface area contributed by atoms with E-state index in [1.165, 1.54) is 0 Å². The first-order valence-corrected chi connectivity index (χ1v) is 5.99. The van der Waals surface area contributed by atoms with E-state index in [0.29, 0.717) is 11.8 Å². The second kappa shape index (κ2) is 6.12. The molecular formula is C14H17N3O. The summed E-state index contributed by atoms with van der Waals surface area (Å²) in [7, 11) is 0. The first-order valence-electron chi connectivity index (χ1n) is 5.99. The van der Waals surface area contributed by atoms with Crippen molar-refractivity contribution in [3.8, 4) is 11.5 Å². The lowest BCUT2D eigenvalue weighted by atomic mass is 10.2. The average Bonchev–Trinajstić information content (AvgIpc) is 2.38. The molecule has 0 aliphatic heterocycles. The molecule has 18 heavy (non-hydrogen) atoms. The quantitative estimate of drug-likeness (QED) is 0.877. The van der Waals surface area contributed by atoms with E-state index in [2.05, 4.69) is 29.1 Å². The molecule has 0 aromatic carbocycles. The van der Waals surface area contributed by atoms with Gasteiger partial charge in [0.2, 0.25) is 0 Å². The van der Waals surface area contributed by atoms with Gasteiger partial charge in [-0.3, -0.25) is 9.97 Å². The van der Waals surface area contributed by atoms with Crippen molar-refractivity contribution in [2.45, 2.75) is 26.4 Å².